The average molecular weight is 506 g/mol. The molecule has 0 N–H and O–H groups in total. The maximum absolute atomic E-state index is 13.7. The smallest absolute Gasteiger partial charge is 0.257 e. The van der Waals surface area contributed by atoms with Gasteiger partial charge in [-0.2, -0.15) is 0 Å². The van der Waals surface area contributed by atoms with Gasteiger partial charge in [-0.25, -0.2) is 0 Å². The highest BCUT2D eigenvalue weighted by Crippen LogP contribution is 2.24. The van der Waals surface area contributed by atoms with Crippen LogP contribution in [0.3, 0.4) is 0 Å². The van der Waals surface area contributed by atoms with E-state index in [0.29, 0.717) is 48.2 Å². The number of hydrogen-bond donors (Lipinski definition) is 0. The molecule has 0 bridgehead atoms. The lowest BCUT2D eigenvalue weighted by Gasteiger charge is -2.33. The molecule has 1 aromatic heterocycles. The Morgan fingerprint density at radius 2 is 1.76 bits per heavy atom. The van der Waals surface area contributed by atoms with E-state index in [0.717, 1.165) is 44.0 Å². The summed E-state index contributed by atoms with van der Waals surface area (Å²) in [4.78, 5) is 31.0. The Morgan fingerprint density at radius 3 is 2.54 bits per heavy atom. The molecule has 3 aromatic rings. The van der Waals surface area contributed by atoms with Gasteiger partial charge in [0.2, 0.25) is 5.91 Å². The zero-order valence-corrected chi connectivity index (χ0v) is 22.3. The highest BCUT2D eigenvalue weighted by Gasteiger charge is 2.28. The Balaban J connectivity index is 1.61. The zero-order chi connectivity index (χ0) is 26.2. The molecular formula is C30H39N3O4. The molecule has 0 saturated heterocycles. The molecule has 7 nitrogen and oxygen atoms in total. The lowest BCUT2D eigenvalue weighted by molar-refractivity contribution is -0.134. The first-order valence-electron chi connectivity index (χ1n) is 13.6. The van der Waals surface area contributed by atoms with Gasteiger partial charge in [0.25, 0.3) is 5.91 Å². The summed E-state index contributed by atoms with van der Waals surface area (Å²) in [5, 5.41) is 5.08. The number of nitrogens with zero attached hydrogens (tertiary/aromatic N) is 3. The van der Waals surface area contributed by atoms with Gasteiger partial charge in [-0.3, -0.25) is 9.59 Å². The van der Waals surface area contributed by atoms with E-state index in [1.165, 1.54) is 0 Å². The van der Waals surface area contributed by atoms with Gasteiger partial charge in [0.05, 0.1) is 18.0 Å². The van der Waals surface area contributed by atoms with E-state index in [1.807, 2.05) is 65.3 Å². The molecule has 198 valence electrons. The third kappa shape index (κ3) is 6.70. The molecule has 2 aromatic carbocycles. The van der Waals surface area contributed by atoms with Crippen LogP contribution in [0.15, 0.2) is 53.1 Å². The van der Waals surface area contributed by atoms with Gasteiger partial charge in [-0.1, -0.05) is 56.1 Å². The number of ether oxygens (including phenoxy) is 1. The van der Waals surface area contributed by atoms with Crippen molar-refractivity contribution < 1.29 is 18.8 Å². The molecule has 0 unspecified atom stereocenters. The van der Waals surface area contributed by atoms with Crippen LogP contribution in [0.2, 0.25) is 0 Å². The fraction of sp³-hybridized carbons (Fsp3) is 0.500. The molecule has 0 radical (unpaired) electrons. The molecule has 1 atom stereocenters. The lowest BCUT2D eigenvalue weighted by atomic mass is 10.0. The third-order valence-corrected chi connectivity index (χ3v) is 7.07. The van der Waals surface area contributed by atoms with Crippen LogP contribution in [0.5, 0.6) is 5.75 Å². The number of amides is 2. The molecule has 2 amide bonds. The molecule has 4 rings (SSSR count). The summed E-state index contributed by atoms with van der Waals surface area (Å²) >= 11 is 0. The van der Waals surface area contributed by atoms with Crippen LogP contribution in [0.25, 0.3) is 11.0 Å². The van der Waals surface area contributed by atoms with E-state index in [4.69, 9.17) is 9.26 Å². The second-order valence-electron chi connectivity index (χ2n) is 10.3. The van der Waals surface area contributed by atoms with E-state index >= 15 is 0 Å². The second-order valence-corrected chi connectivity index (χ2v) is 10.3. The molecule has 1 aliphatic heterocycles. The van der Waals surface area contributed by atoms with Crippen molar-refractivity contribution in [2.75, 3.05) is 26.2 Å². The van der Waals surface area contributed by atoms with Gasteiger partial charge in [-0.15, -0.1) is 0 Å². The van der Waals surface area contributed by atoms with Crippen molar-refractivity contribution in [3.63, 3.8) is 0 Å². The van der Waals surface area contributed by atoms with Gasteiger partial charge in [-0.05, 0) is 56.4 Å². The minimum atomic E-state index is -0.112. The van der Waals surface area contributed by atoms with Crippen molar-refractivity contribution in [3.05, 3.63) is 59.8 Å². The Morgan fingerprint density at radius 1 is 1.03 bits per heavy atom. The standard InChI is InChI=1S/C30H39N3O4/c1-4-32-17-11-5-6-12-18-33(29(34)20-26-24-13-7-10-16-28(24)37-31-26)23(19-22(2)3)21-36-27-15-9-8-14-25(27)30(32)35/h7-10,13-16,22-23H,4-6,11-12,17-21H2,1-3H3/t23-/m0/s1. The summed E-state index contributed by atoms with van der Waals surface area (Å²) in [5.74, 6) is 0.984. The van der Waals surface area contributed by atoms with Crippen molar-refractivity contribution in [1.29, 1.82) is 0 Å². The highest BCUT2D eigenvalue weighted by atomic mass is 16.5. The van der Waals surface area contributed by atoms with Crippen LogP contribution in [0.1, 0.15) is 68.9 Å². The number of hydrogen-bond acceptors (Lipinski definition) is 5. The molecule has 0 aliphatic carbocycles. The summed E-state index contributed by atoms with van der Waals surface area (Å²) < 4.78 is 11.8. The lowest BCUT2D eigenvalue weighted by Crippen LogP contribution is -2.46. The monoisotopic (exact) mass is 505 g/mol. The molecule has 2 heterocycles. The van der Waals surface area contributed by atoms with E-state index in [9.17, 15) is 9.59 Å². The number of rotatable bonds is 5. The van der Waals surface area contributed by atoms with E-state index in [1.54, 1.807) is 0 Å². The van der Waals surface area contributed by atoms with Gasteiger partial charge in [0.1, 0.15) is 18.1 Å². The first-order chi connectivity index (χ1) is 18.0. The first-order valence-corrected chi connectivity index (χ1v) is 13.6. The average Bonchev–Trinajstić information content (AvgIpc) is 3.30. The van der Waals surface area contributed by atoms with E-state index < -0.39 is 0 Å². The quantitative estimate of drug-likeness (QED) is 0.443. The topological polar surface area (TPSA) is 75.9 Å². The molecule has 7 heteroatoms. The third-order valence-electron chi connectivity index (χ3n) is 7.07. The summed E-state index contributed by atoms with van der Waals surface area (Å²) in [6.45, 7) is 8.74. The van der Waals surface area contributed by atoms with Crippen molar-refractivity contribution in [2.24, 2.45) is 5.92 Å². The molecule has 0 saturated carbocycles. The van der Waals surface area contributed by atoms with E-state index in [2.05, 4.69) is 19.0 Å². The number of carbonyl (C=O) groups excluding carboxylic acids is 2. The van der Waals surface area contributed by atoms with Gasteiger partial charge in [0, 0.05) is 25.0 Å². The summed E-state index contributed by atoms with van der Waals surface area (Å²) in [6.07, 6.45) is 4.88. The number of benzene rings is 2. The second kappa shape index (κ2) is 12.7. The fourth-order valence-corrected chi connectivity index (χ4v) is 5.12. The van der Waals surface area contributed by atoms with Crippen molar-refractivity contribution >= 4 is 22.8 Å². The van der Waals surface area contributed by atoms with Gasteiger partial charge < -0.3 is 19.1 Å². The number of para-hydroxylation sites is 2. The fourth-order valence-electron chi connectivity index (χ4n) is 5.12. The summed E-state index contributed by atoms with van der Waals surface area (Å²) in [7, 11) is 0. The Labute approximate surface area is 219 Å². The van der Waals surface area contributed by atoms with Gasteiger partial charge >= 0.3 is 0 Å². The molecule has 0 spiro atoms. The Kier molecular flexibility index (Phi) is 9.20. The predicted molar refractivity (Wildman–Crippen MR) is 145 cm³/mol. The van der Waals surface area contributed by atoms with Crippen LogP contribution in [-0.2, 0) is 11.2 Å². The van der Waals surface area contributed by atoms with Crippen molar-refractivity contribution in [3.8, 4) is 5.75 Å². The largest absolute Gasteiger partial charge is 0.491 e. The predicted octanol–water partition coefficient (Wildman–Crippen LogP) is 5.73. The number of aromatic nitrogens is 1. The summed E-state index contributed by atoms with van der Waals surface area (Å²) in [6, 6.07) is 15.0. The van der Waals surface area contributed by atoms with Crippen LogP contribution in [0, 0.1) is 5.92 Å². The first kappa shape index (κ1) is 26.7. The maximum Gasteiger partial charge on any atom is 0.257 e. The molecular weight excluding hydrogens is 466 g/mol. The van der Waals surface area contributed by atoms with Crippen LogP contribution < -0.4 is 4.74 Å². The zero-order valence-electron chi connectivity index (χ0n) is 22.3. The maximum atomic E-state index is 13.7. The van der Waals surface area contributed by atoms with E-state index in [-0.39, 0.29) is 24.3 Å². The molecule has 37 heavy (non-hydrogen) atoms. The van der Waals surface area contributed by atoms with Crippen LogP contribution >= 0.6 is 0 Å². The van der Waals surface area contributed by atoms with Crippen LogP contribution in [0.4, 0.5) is 0 Å². The summed E-state index contributed by atoms with van der Waals surface area (Å²) in [5.41, 5.74) is 1.94. The molecule has 1 aliphatic rings. The minimum absolute atomic E-state index is 0.00131. The normalized spacial score (nSPS) is 17.9. The number of carbonyl (C=O) groups is 2. The van der Waals surface area contributed by atoms with Crippen LogP contribution in [-0.4, -0.2) is 59.1 Å². The van der Waals surface area contributed by atoms with Gasteiger partial charge in [0.15, 0.2) is 5.58 Å². The number of fused-ring (bicyclic) bond motifs is 2. The highest BCUT2D eigenvalue weighted by molar-refractivity contribution is 5.97. The minimum Gasteiger partial charge on any atom is -0.491 e. The molecule has 0 fully saturated rings. The van der Waals surface area contributed by atoms with Crippen molar-refractivity contribution in [1.82, 2.24) is 15.0 Å². The Hall–Kier alpha value is -3.35. The van der Waals surface area contributed by atoms with Crippen molar-refractivity contribution in [2.45, 2.75) is 65.3 Å². The Bertz CT molecular complexity index is 1190. The SMILES string of the molecule is CCN1CCCCCCN(C(=O)Cc2noc3ccccc23)[C@@H](CC(C)C)COc2ccccc2C1=O.